The Morgan fingerprint density at radius 1 is 1.06 bits per heavy atom. The molecule has 0 aliphatic carbocycles. The molecule has 0 aliphatic heterocycles. The van der Waals surface area contributed by atoms with Crippen LogP contribution in [0.3, 0.4) is 0 Å². The fourth-order valence-electron chi connectivity index (χ4n) is 1.77. The maximum atomic E-state index is 6.20. The van der Waals surface area contributed by atoms with Crippen LogP contribution >= 0.6 is 0 Å². The van der Waals surface area contributed by atoms with Gasteiger partial charge in [0.1, 0.15) is 0 Å². The Labute approximate surface area is 103 Å². The number of nitrogens with two attached hydrogens (primary N) is 1. The molecule has 0 radical (unpaired) electrons. The zero-order valence-corrected chi connectivity index (χ0v) is 12.4. The Morgan fingerprint density at radius 3 is 1.88 bits per heavy atom. The molecule has 0 aromatic carbocycles. The summed E-state index contributed by atoms with van der Waals surface area (Å²) in [5.74, 6) is 0.730. The fourth-order valence-corrected chi connectivity index (χ4v) is 1.77. The highest BCUT2D eigenvalue weighted by Gasteiger charge is 2.21. The van der Waals surface area contributed by atoms with Crippen LogP contribution < -0.4 is 5.73 Å². The molecule has 16 heavy (non-hydrogen) atoms. The van der Waals surface area contributed by atoms with Gasteiger partial charge in [-0.2, -0.15) is 0 Å². The second kappa shape index (κ2) is 6.61. The van der Waals surface area contributed by atoms with Crippen LogP contribution in [0.25, 0.3) is 0 Å². The molecule has 0 aliphatic rings. The third kappa shape index (κ3) is 6.49. The maximum Gasteiger partial charge on any atom is 0.00998 e. The van der Waals surface area contributed by atoms with Gasteiger partial charge in [0.25, 0.3) is 0 Å². The average Bonchev–Trinajstić information content (AvgIpc) is 2.08. The SMILES string of the molecule is CC(C)CN(CCC(N)C(C)(C)C)C(C)C. The van der Waals surface area contributed by atoms with Crippen LogP contribution in [0.15, 0.2) is 0 Å². The Kier molecular flexibility index (Phi) is 6.57. The second-order valence-corrected chi connectivity index (χ2v) is 6.74. The Morgan fingerprint density at radius 2 is 1.56 bits per heavy atom. The van der Waals surface area contributed by atoms with Gasteiger partial charge in [-0.15, -0.1) is 0 Å². The Bertz CT molecular complexity index is 180. The lowest BCUT2D eigenvalue weighted by Crippen LogP contribution is -2.41. The number of rotatable bonds is 6. The van der Waals surface area contributed by atoms with Gasteiger partial charge in [-0.1, -0.05) is 34.6 Å². The van der Waals surface area contributed by atoms with Crippen LogP contribution in [0.1, 0.15) is 54.9 Å². The van der Waals surface area contributed by atoms with Crippen molar-refractivity contribution >= 4 is 0 Å². The van der Waals surface area contributed by atoms with Crippen LogP contribution in [-0.4, -0.2) is 30.1 Å². The predicted octanol–water partition coefficient (Wildman–Crippen LogP) is 3.12. The van der Waals surface area contributed by atoms with E-state index in [-0.39, 0.29) is 5.41 Å². The Balaban J connectivity index is 4.12. The summed E-state index contributed by atoms with van der Waals surface area (Å²) in [6.45, 7) is 18.1. The third-order valence-electron chi connectivity index (χ3n) is 3.17. The topological polar surface area (TPSA) is 29.3 Å². The van der Waals surface area contributed by atoms with Gasteiger partial charge >= 0.3 is 0 Å². The van der Waals surface area contributed by atoms with Crippen LogP contribution in [0.4, 0.5) is 0 Å². The maximum absolute atomic E-state index is 6.20. The van der Waals surface area contributed by atoms with E-state index in [9.17, 15) is 0 Å². The molecule has 0 aromatic heterocycles. The summed E-state index contributed by atoms with van der Waals surface area (Å²) in [6, 6.07) is 0.912. The molecule has 2 heteroatoms. The molecule has 0 amide bonds. The van der Waals surface area contributed by atoms with Crippen molar-refractivity contribution in [3.05, 3.63) is 0 Å². The first-order valence-electron chi connectivity index (χ1n) is 6.64. The van der Waals surface area contributed by atoms with Gasteiger partial charge < -0.3 is 10.6 Å². The van der Waals surface area contributed by atoms with Crippen molar-refractivity contribution in [2.75, 3.05) is 13.1 Å². The van der Waals surface area contributed by atoms with Gasteiger partial charge in [0.15, 0.2) is 0 Å². The van der Waals surface area contributed by atoms with E-state index in [1.807, 2.05) is 0 Å². The van der Waals surface area contributed by atoms with Crippen molar-refractivity contribution in [1.82, 2.24) is 4.90 Å². The molecule has 98 valence electrons. The summed E-state index contributed by atoms with van der Waals surface area (Å²) in [7, 11) is 0. The quantitative estimate of drug-likeness (QED) is 0.757. The monoisotopic (exact) mass is 228 g/mol. The van der Waals surface area contributed by atoms with Crippen molar-refractivity contribution in [2.45, 2.75) is 67.0 Å². The fraction of sp³-hybridized carbons (Fsp3) is 1.00. The summed E-state index contributed by atoms with van der Waals surface area (Å²) < 4.78 is 0. The van der Waals surface area contributed by atoms with Crippen molar-refractivity contribution in [2.24, 2.45) is 17.1 Å². The summed E-state index contributed by atoms with van der Waals surface area (Å²) in [5.41, 5.74) is 6.43. The van der Waals surface area contributed by atoms with Crippen LogP contribution in [0.2, 0.25) is 0 Å². The molecule has 0 heterocycles. The van der Waals surface area contributed by atoms with Gasteiger partial charge in [-0.05, 0) is 38.1 Å². The van der Waals surface area contributed by atoms with E-state index in [4.69, 9.17) is 5.73 Å². The molecule has 0 spiro atoms. The van der Waals surface area contributed by atoms with Gasteiger partial charge in [-0.25, -0.2) is 0 Å². The van der Waals surface area contributed by atoms with E-state index in [1.54, 1.807) is 0 Å². The minimum Gasteiger partial charge on any atom is -0.327 e. The highest BCUT2D eigenvalue weighted by Crippen LogP contribution is 2.20. The summed E-state index contributed by atoms with van der Waals surface area (Å²) >= 11 is 0. The van der Waals surface area contributed by atoms with Crippen LogP contribution in [0, 0.1) is 11.3 Å². The number of nitrogens with zero attached hydrogens (tertiary/aromatic N) is 1. The van der Waals surface area contributed by atoms with Crippen molar-refractivity contribution in [1.29, 1.82) is 0 Å². The van der Waals surface area contributed by atoms with E-state index in [2.05, 4.69) is 53.4 Å². The molecule has 0 bridgehead atoms. The number of hydrogen-bond donors (Lipinski definition) is 1. The molecule has 0 saturated carbocycles. The van der Waals surface area contributed by atoms with Crippen LogP contribution in [0.5, 0.6) is 0 Å². The minimum absolute atomic E-state index is 0.223. The molecule has 0 rings (SSSR count). The third-order valence-corrected chi connectivity index (χ3v) is 3.17. The smallest absolute Gasteiger partial charge is 0.00998 e. The first-order chi connectivity index (χ1) is 7.14. The molecule has 1 unspecified atom stereocenters. The van der Waals surface area contributed by atoms with Crippen LogP contribution in [-0.2, 0) is 0 Å². The van der Waals surface area contributed by atoms with Crippen molar-refractivity contribution in [3.63, 3.8) is 0 Å². The molecule has 1 atom stereocenters. The summed E-state index contributed by atoms with van der Waals surface area (Å²) in [5, 5.41) is 0. The lowest BCUT2D eigenvalue weighted by atomic mass is 9.85. The molecular formula is C14H32N2. The summed E-state index contributed by atoms with van der Waals surface area (Å²) in [4.78, 5) is 2.54. The lowest BCUT2D eigenvalue weighted by molar-refractivity contribution is 0.175. The van der Waals surface area contributed by atoms with E-state index in [0.29, 0.717) is 12.1 Å². The minimum atomic E-state index is 0.223. The van der Waals surface area contributed by atoms with E-state index < -0.39 is 0 Å². The predicted molar refractivity (Wildman–Crippen MR) is 73.6 cm³/mol. The lowest BCUT2D eigenvalue weighted by Gasteiger charge is -2.32. The van der Waals surface area contributed by atoms with Gasteiger partial charge in [0, 0.05) is 18.6 Å². The summed E-state index contributed by atoms with van der Waals surface area (Å²) in [6.07, 6.45) is 1.09. The van der Waals surface area contributed by atoms with Gasteiger partial charge in [0.2, 0.25) is 0 Å². The Hall–Kier alpha value is -0.0800. The van der Waals surface area contributed by atoms with E-state index >= 15 is 0 Å². The highest BCUT2D eigenvalue weighted by atomic mass is 15.1. The second-order valence-electron chi connectivity index (χ2n) is 6.74. The van der Waals surface area contributed by atoms with Gasteiger partial charge in [-0.3, -0.25) is 0 Å². The molecular weight excluding hydrogens is 196 g/mol. The largest absolute Gasteiger partial charge is 0.327 e. The molecule has 0 aromatic rings. The standard InChI is InChI=1S/C14H32N2/c1-11(2)10-16(12(3)4)9-8-13(15)14(5,6)7/h11-13H,8-10,15H2,1-7H3. The zero-order valence-electron chi connectivity index (χ0n) is 12.4. The van der Waals surface area contributed by atoms with E-state index in [1.165, 1.54) is 6.54 Å². The highest BCUT2D eigenvalue weighted by molar-refractivity contribution is 4.78. The molecule has 2 nitrogen and oxygen atoms in total. The van der Waals surface area contributed by atoms with Crippen molar-refractivity contribution in [3.8, 4) is 0 Å². The first-order valence-corrected chi connectivity index (χ1v) is 6.64. The molecule has 2 N–H and O–H groups in total. The zero-order chi connectivity index (χ0) is 12.9. The number of hydrogen-bond acceptors (Lipinski definition) is 2. The van der Waals surface area contributed by atoms with Crippen molar-refractivity contribution < 1.29 is 0 Å². The molecule has 0 saturated heterocycles. The van der Waals surface area contributed by atoms with E-state index in [0.717, 1.165) is 18.9 Å². The average molecular weight is 228 g/mol. The normalized spacial score (nSPS) is 15.2. The molecule has 0 fully saturated rings. The first kappa shape index (κ1) is 15.9. The van der Waals surface area contributed by atoms with Gasteiger partial charge in [0.05, 0.1) is 0 Å².